The number of aliphatic hydroxyl groups excluding tert-OH is 1. The molecule has 2 atom stereocenters. The summed E-state index contributed by atoms with van der Waals surface area (Å²) in [5.41, 5.74) is 0.739. The molecule has 2 N–H and O–H groups in total. The highest BCUT2D eigenvalue weighted by molar-refractivity contribution is 7.08. The topological polar surface area (TPSA) is 75.1 Å². The summed E-state index contributed by atoms with van der Waals surface area (Å²) < 4.78 is 3.84. The van der Waals surface area contributed by atoms with Crippen LogP contribution in [0.15, 0.2) is 0 Å². The van der Waals surface area contributed by atoms with Gasteiger partial charge in [-0.25, -0.2) is 0 Å². The molecule has 0 aromatic carbocycles. The Morgan fingerprint density at radius 3 is 2.83 bits per heavy atom. The molecule has 5 nitrogen and oxygen atoms in total. The van der Waals surface area contributed by atoms with Crippen molar-refractivity contribution in [2.45, 2.75) is 57.6 Å². The lowest BCUT2D eigenvalue weighted by atomic mass is 9.92. The average molecular weight is 269 g/mol. The molecule has 1 aromatic heterocycles. The number of hydrogen-bond donors (Lipinski definition) is 2. The average Bonchev–Trinajstić information content (AvgIpc) is 2.81. The summed E-state index contributed by atoms with van der Waals surface area (Å²) in [7, 11) is 0. The molecule has 18 heavy (non-hydrogen) atoms. The minimum absolute atomic E-state index is 0.131. The van der Waals surface area contributed by atoms with Gasteiger partial charge >= 0.3 is 0 Å². The van der Waals surface area contributed by atoms with E-state index >= 15 is 0 Å². The smallest absolute Gasteiger partial charge is 0.265 e. The first-order valence-electron chi connectivity index (χ1n) is 6.40. The molecule has 1 aromatic rings. The van der Waals surface area contributed by atoms with Crippen LogP contribution in [0.2, 0.25) is 0 Å². The Bertz CT molecular complexity index is 419. The maximum Gasteiger partial charge on any atom is 0.265 e. The van der Waals surface area contributed by atoms with Gasteiger partial charge < -0.3 is 10.4 Å². The van der Waals surface area contributed by atoms with E-state index in [1.54, 1.807) is 0 Å². The van der Waals surface area contributed by atoms with Crippen molar-refractivity contribution in [2.24, 2.45) is 0 Å². The lowest BCUT2D eigenvalue weighted by Gasteiger charge is -2.28. The highest BCUT2D eigenvalue weighted by atomic mass is 32.1. The number of carbonyl (C=O) groups excluding carboxylic acids is 1. The molecule has 0 spiro atoms. The third kappa shape index (κ3) is 2.87. The van der Waals surface area contributed by atoms with Crippen LogP contribution in [0.5, 0.6) is 0 Å². The van der Waals surface area contributed by atoms with Crippen molar-refractivity contribution in [2.75, 3.05) is 0 Å². The number of hydrogen-bond acceptors (Lipinski definition) is 5. The molecular formula is C12H19N3O2S. The zero-order valence-electron chi connectivity index (χ0n) is 10.7. The van der Waals surface area contributed by atoms with E-state index in [9.17, 15) is 9.90 Å². The monoisotopic (exact) mass is 269 g/mol. The van der Waals surface area contributed by atoms with E-state index in [1.165, 1.54) is 0 Å². The van der Waals surface area contributed by atoms with Crippen LogP contribution < -0.4 is 5.32 Å². The second-order valence-electron chi connectivity index (χ2n) is 5.07. The molecule has 1 aliphatic carbocycles. The molecular weight excluding hydrogens is 250 g/mol. The van der Waals surface area contributed by atoms with Crippen molar-refractivity contribution in [3.8, 4) is 0 Å². The Balaban J connectivity index is 2.05. The molecule has 1 fully saturated rings. The summed E-state index contributed by atoms with van der Waals surface area (Å²) in [4.78, 5) is 12.7. The molecule has 1 heterocycles. The van der Waals surface area contributed by atoms with Crippen LogP contribution in [0.3, 0.4) is 0 Å². The summed E-state index contributed by atoms with van der Waals surface area (Å²) in [6.07, 6.45) is 3.28. The quantitative estimate of drug-likeness (QED) is 0.875. The molecule has 1 aliphatic rings. The van der Waals surface area contributed by atoms with Crippen LogP contribution in [-0.2, 0) is 0 Å². The Morgan fingerprint density at radius 2 is 2.17 bits per heavy atom. The number of rotatable bonds is 3. The van der Waals surface area contributed by atoms with Crippen molar-refractivity contribution < 1.29 is 9.90 Å². The molecule has 2 rings (SSSR count). The zero-order chi connectivity index (χ0) is 13.1. The minimum Gasteiger partial charge on any atom is -0.391 e. The molecule has 0 bridgehead atoms. The summed E-state index contributed by atoms with van der Waals surface area (Å²) in [6.45, 7) is 3.98. The second-order valence-corrected chi connectivity index (χ2v) is 5.83. The van der Waals surface area contributed by atoms with Gasteiger partial charge in [-0.15, -0.1) is 5.10 Å². The molecule has 0 radical (unpaired) electrons. The number of amides is 1. The van der Waals surface area contributed by atoms with Gasteiger partial charge in [0.15, 0.2) is 0 Å². The molecule has 100 valence electrons. The Morgan fingerprint density at radius 1 is 1.44 bits per heavy atom. The third-order valence-electron chi connectivity index (χ3n) is 3.31. The Labute approximate surface area is 111 Å². The highest BCUT2D eigenvalue weighted by Crippen LogP contribution is 2.22. The van der Waals surface area contributed by atoms with Crippen molar-refractivity contribution in [3.05, 3.63) is 10.6 Å². The fourth-order valence-corrected chi connectivity index (χ4v) is 2.97. The standard InChI is InChI=1S/C12H19N3O2S/c1-7(2)10-11(18-15-14-10)12(17)13-8-5-3-4-6-9(8)16/h7-9,16H,3-6H2,1-2H3,(H,13,17)/t8-,9-/m1/s1. The second kappa shape index (κ2) is 5.75. The zero-order valence-corrected chi connectivity index (χ0v) is 11.5. The Kier molecular flexibility index (Phi) is 4.29. The van der Waals surface area contributed by atoms with E-state index in [4.69, 9.17) is 0 Å². The van der Waals surface area contributed by atoms with Gasteiger partial charge in [0.1, 0.15) is 4.88 Å². The number of nitrogens with zero attached hydrogens (tertiary/aromatic N) is 2. The molecule has 0 aliphatic heterocycles. The summed E-state index contributed by atoms with van der Waals surface area (Å²) in [5.74, 6) is 0.0282. The van der Waals surface area contributed by atoms with Gasteiger partial charge in [-0.3, -0.25) is 4.79 Å². The van der Waals surface area contributed by atoms with Crippen molar-refractivity contribution in [1.29, 1.82) is 0 Å². The fraction of sp³-hybridized carbons (Fsp3) is 0.750. The van der Waals surface area contributed by atoms with Gasteiger partial charge in [-0.2, -0.15) is 0 Å². The predicted molar refractivity (Wildman–Crippen MR) is 69.7 cm³/mol. The molecule has 1 amide bonds. The Hall–Kier alpha value is -1.01. The van der Waals surface area contributed by atoms with Crippen molar-refractivity contribution >= 4 is 17.4 Å². The maximum absolute atomic E-state index is 12.2. The van der Waals surface area contributed by atoms with Crippen LogP contribution in [0.25, 0.3) is 0 Å². The SMILES string of the molecule is CC(C)c1nnsc1C(=O)N[C@@H]1CCCC[C@H]1O. The first kappa shape index (κ1) is 13.4. The van der Waals surface area contributed by atoms with E-state index in [-0.39, 0.29) is 17.9 Å². The number of aromatic nitrogens is 2. The third-order valence-corrected chi connectivity index (χ3v) is 4.05. The minimum atomic E-state index is -0.425. The summed E-state index contributed by atoms with van der Waals surface area (Å²) in [5, 5.41) is 16.8. The molecule has 0 unspecified atom stereocenters. The van der Waals surface area contributed by atoms with Crippen molar-refractivity contribution in [1.82, 2.24) is 14.9 Å². The van der Waals surface area contributed by atoms with Crippen LogP contribution in [0.1, 0.15) is 60.8 Å². The maximum atomic E-state index is 12.2. The number of aliphatic hydroxyl groups is 1. The van der Waals surface area contributed by atoms with E-state index < -0.39 is 6.10 Å². The first-order valence-corrected chi connectivity index (χ1v) is 7.18. The first-order chi connectivity index (χ1) is 8.59. The molecule has 6 heteroatoms. The lowest BCUT2D eigenvalue weighted by molar-refractivity contribution is 0.0719. The lowest BCUT2D eigenvalue weighted by Crippen LogP contribution is -2.45. The predicted octanol–water partition coefficient (Wildman–Crippen LogP) is 1.69. The molecule has 1 saturated carbocycles. The van der Waals surface area contributed by atoms with E-state index in [0.717, 1.165) is 42.9 Å². The number of nitrogens with one attached hydrogen (secondary N) is 1. The van der Waals surface area contributed by atoms with Crippen molar-refractivity contribution in [3.63, 3.8) is 0 Å². The van der Waals surface area contributed by atoms with Crippen LogP contribution in [-0.4, -0.2) is 32.7 Å². The van der Waals surface area contributed by atoms with E-state index in [0.29, 0.717) is 4.88 Å². The highest BCUT2D eigenvalue weighted by Gasteiger charge is 2.27. The van der Waals surface area contributed by atoms with Crippen LogP contribution in [0, 0.1) is 0 Å². The van der Waals surface area contributed by atoms with Gasteiger partial charge in [-0.1, -0.05) is 31.2 Å². The van der Waals surface area contributed by atoms with Crippen LogP contribution in [0.4, 0.5) is 0 Å². The van der Waals surface area contributed by atoms with Gasteiger partial charge in [0.2, 0.25) is 0 Å². The van der Waals surface area contributed by atoms with Gasteiger partial charge in [0.25, 0.3) is 5.91 Å². The molecule has 0 saturated heterocycles. The van der Waals surface area contributed by atoms with E-state index in [1.807, 2.05) is 13.8 Å². The fourth-order valence-electron chi connectivity index (χ4n) is 2.25. The van der Waals surface area contributed by atoms with E-state index in [2.05, 4.69) is 14.9 Å². The summed E-state index contributed by atoms with van der Waals surface area (Å²) >= 11 is 1.12. The normalized spacial score (nSPS) is 24.2. The number of carbonyl (C=O) groups is 1. The van der Waals surface area contributed by atoms with Gasteiger partial charge in [0, 0.05) is 0 Å². The summed E-state index contributed by atoms with van der Waals surface area (Å²) in [6, 6.07) is -0.131. The largest absolute Gasteiger partial charge is 0.391 e. The van der Waals surface area contributed by atoms with Gasteiger partial charge in [-0.05, 0) is 30.3 Å². The van der Waals surface area contributed by atoms with Crippen LogP contribution >= 0.6 is 11.5 Å². The van der Waals surface area contributed by atoms with Gasteiger partial charge in [0.05, 0.1) is 17.8 Å².